The Morgan fingerprint density at radius 1 is 0.872 bits per heavy atom. The average Bonchev–Trinajstić information content (AvgIpc) is 3.38. The van der Waals surface area contributed by atoms with E-state index in [0.29, 0.717) is 24.2 Å². The molecule has 0 saturated carbocycles. The van der Waals surface area contributed by atoms with Gasteiger partial charge in [0.15, 0.2) is 0 Å². The van der Waals surface area contributed by atoms with Crippen molar-refractivity contribution in [2.45, 2.75) is 65.1 Å². The summed E-state index contributed by atoms with van der Waals surface area (Å²) in [4.78, 5) is 42.2. The molecule has 0 spiro atoms. The number of aliphatic carboxylic acids is 1. The Morgan fingerprint density at radius 2 is 1.51 bits per heavy atom. The zero-order chi connectivity index (χ0) is 34.7. The molecule has 47 heavy (non-hydrogen) atoms. The lowest BCUT2D eigenvalue weighted by atomic mass is 9.99. The first-order valence-electron chi connectivity index (χ1n) is 15.5. The second-order valence-corrected chi connectivity index (χ2v) is 11.3. The van der Waals surface area contributed by atoms with Gasteiger partial charge in [0.1, 0.15) is 5.82 Å². The molecule has 3 aromatic carbocycles. The van der Waals surface area contributed by atoms with Crippen LogP contribution < -0.4 is 4.90 Å². The van der Waals surface area contributed by atoms with Gasteiger partial charge in [-0.1, -0.05) is 75.6 Å². The van der Waals surface area contributed by atoms with Gasteiger partial charge in [0, 0.05) is 39.3 Å². The van der Waals surface area contributed by atoms with Crippen LogP contribution >= 0.6 is 0 Å². The standard InChI is InChI=1S/C33H40N4O3.C2HF3O2/c1-5-7-11-21-36(33(40)35(3)4)26-19-20-29-30(22-26)37(31(34-29)14-8-6-2)23-24-15-17-25(18-16-24)27-12-9-10-13-28(27)32(38)39;3-2(4,5)1(6)7/h9-10,12-13,15-20,22H,5-8,11,14,21,23H2,1-4H3,(H,38,39);(H,6,7). The first-order chi connectivity index (χ1) is 22.3. The molecule has 2 amide bonds. The number of benzene rings is 3. The van der Waals surface area contributed by atoms with Crippen LogP contribution in [0.25, 0.3) is 22.2 Å². The maximum Gasteiger partial charge on any atom is 0.490 e. The third-order valence-corrected chi connectivity index (χ3v) is 7.48. The van der Waals surface area contributed by atoms with E-state index in [1.807, 2.05) is 41.3 Å². The normalized spacial score (nSPS) is 11.1. The number of carboxylic acid groups (broad SMARTS) is 2. The molecule has 0 aliphatic rings. The van der Waals surface area contributed by atoms with Gasteiger partial charge in [-0.25, -0.2) is 19.4 Å². The summed E-state index contributed by atoms with van der Waals surface area (Å²) in [5.41, 5.74) is 5.78. The molecular weight excluding hydrogens is 613 g/mol. The quantitative estimate of drug-likeness (QED) is 0.149. The highest BCUT2D eigenvalue weighted by atomic mass is 19.4. The van der Waals surface area contributed by atoms with E-state index < -0.39 is 18.1 Å². The van der Waals surface area contributed by atoms with Gasteiger partial charge in [0.2, 0.25) is 0 Å². The number of carbonyl (C=O) groups excluding carboxylic acids is 1. The number of hydrogen-bond donors (Lipinski definition) is 2. The minimum Gasteiger partial charge on any atom is -0.478 e. The highest BCUT2D eigenvalue weighted by molar-refractivity contribution is 5.96. The number of aromatic nitrogens is 2. The van der Waals surface area contributed by atoms with Gasteiger partial charge in [-0.3, -0.25) is 4.90 Å². The van der Waals surface area contributed by atoms with E-state index in [1.165, 1.54) is 0 Å². The molecule has 2 N–H and O–H groups in total. The number of urea groups is 1. The molecule has 0 atom stereocenters. The highest BCUT2D eigenvalue weighted by Gasteiger charge is 2.38. The van der Waals surface area contributed by atoms with E-state index in [9.17, 15) is 27.9 Å². The summed E-state index contributed by atoms with van der Waals surface area (Å²) >= 11 is 0. The van der Waals surface area contributed by atoms with Crippen LogP contribution in [0.15, 0.2) is 66.7 Å². The zero-order valence-corrected chi connectivity index (χ0v) is 27.0. The van der Waals surface area contributed by atoms with Gasteiger partial charge in [-0.05, 0) is 53.8 Å². The molecule has 4 rings (SSSR count). The van der Waals surface area contributed by atoms with Crippen molar-refractivity contribution >= 4 is 34.7 Å². The van der Waals surface area contributed by atoms with Gasteiger partial charge in [0.05, 0.1) is 16.6 Å². The minimum atomic E-state index is -5.08. The number of halogens is 3. The molecule has 0 aliphatic carbocycles. The summed E-state index contributed by atoms with van der Waals surface area (Å²) in [5, 5.41) is 16.7. The number of amides is 2. The SMILES string of the molecule is CCCCCN(C(=O)N(C)C)c1ccc2nc(CCCC)n(Cc3ccc(-c4ccccc4C(=O)O)cc3)c2c1.O=C(O)C(F)(F)F. The van der Waals surface area contributed by atoms with E-state index >= 15 is 0 Å². The number of carbonyl (C=O) groups is 3. The monoisotopic (exact) mass is 654 g/mol. The fourth-order valence-electron chi connectivity index (χ4n) is 5.02. The van der Waals surface area contributed by atoms with Crippen molar-refractivity contribution < 1.29 is 37.8 Å². The molecule has 0 saturated heterocycles. The van der Waals surface area contributed by atoms with Gasteiger partial charge in [0.25, 0.3) is 0 Å². The maximum atomic E-state index is 13.1. The van der Waals surface area contributed by atoms with Crippen LogP contribution in [0.3, 0.4) is 0 Å². The van der Waals surface area contributed by atoms with E-state index in [0.717, 1.165) is 72.2 Å². The zero-order valence-electron chi connectivity index (χ0n) is 27.0. The smallest absolute Gasteiger partial charge is 0.478 e. The molecule has 0 aliphatic heterocycles. The molecular formula is C35H41F3N4O5. The Kier molecular flexibility index (Phi) is 12.9. The number of carboxylic acids is 2. The summed E-state index contributed by atoms with van der Waals surface area (Å²) in [7, 11) is 3.58. The van der Waals surface area contributed by atoms with Crippen molar-refractivity contribution in [3.8, 4) is 11.1 Å². The highest BCUT2D eigenvalue weighted by Crippen LogP contribution is 2.28. The minimum absolute atomic E-state index is 0.0232. The number of fused-ring (bicyclic) bond motifs is 1. The Morgan fingerprint density at radius 3 is 2.09 bits per heavy atom. The van der Waals surface area contributed by atoms with Crippen molar-refractivity contribution in [2.75, 3.05) is 25.5 Å². The molecule has 1 heterocycles. The summed E-state index contributed by atoms with van der Waals surface area (Å²) in [6.07, 6.45) is 1.04. The van der Waals surface area contributed by atoms with Crippen LogP contribution in [0.1, 0.15) is 67.7 Å². The largest absolute Gasteiger partial charge is 0.490 e. The second kappa shape index (κ2) is 16.6. The van der Waals surface area contributed by atoms with Crippen LogP contribution in [0.2, 0.25) is 0 Å². The van der Waals surface area contributed by atoms with Crippen LogP contribution in [0.5, 0.6) is 0 Å². The number of aryl methyl sites for hydroxylation is 1. The van der Waals surface area contributed by atoms with Crippen molar-refractivity contribution in [1.29, 1.82) is 0 Å². The average molecular weight is 655 g/mol. The number of anilines is 1. The van der Waals surface area contributed by atoms with Crippen LogP contribution in [0, 0.1) is 0 Å². The molecule has 12 heteroatoms. The summed E-state index contributed by atoms with van der Waals surface area (Å²) in [6, 6.07) is 21.3. The Bertz CT molecular complexity index is 1670. The number of alkyl halides is 3. The molecule has 1 aromatic heterocycles. The maximum absolute atomic E-state index is 13.1. The fraction of sp³-hybridized carbons (Fsp3) is 0.371. The van der Waals surface area contributed by atoms with Crippen molar-refractivity contribution in [2.24, 2.45) is 0 Å². The number of imidazole rings is 1. The van der Waals surface area contributed by atoms with E-state index in [2.05, 4.69) is 36.6 Å². The number of hydrogen-bond acceptors (Lipinski definition) is 4. The van der Waals surface area contributed by atoms with Crippen LogP contribution in [0.4, 0.5) is 23.7 Å². The Labute approximate surface area is 272 Å². The molecule has 0 fully saturated rings. The Balaban J connectivity index is 0.000000771. The van der Waals surface area contributed by atoms with Gasteiger partial charge in [-0.2, -0.15) is 13.2 Å². The summed E-state index contributed by atoms with van der Waals surface area (Å²) < 4.78 is 34.0. The topological polar surface area (TPSA) is 116 Å². The molecule has 0 unspecified atom stereocenters. The van der Waals surface area contributed by atoms with Crippen molar-refractivity contribution in [1.82, 2.24) is 14.5 Å². The van der Waals surface area contributed by atoms with E-state index in [1.54, 1.807) is 31.1 Å². The lowest BCUT2D eigenvalue weighted by Gasteiger charge is -2.26. The molecule has 0 radical (unpaired) electrons. The third kappa shape index (κ3) is 9.81. The first-order valence-corrected chi connectivity index (χ1v) is 15.5. The van der Waals surface area contributed by atoms with E-state index in [-0.39, 0.29) is 6.03 Å². The fourth-order valence-corrected chi connectivity index (χ4v) is 5.02. The lowest BCUT2D eigenvalue weighted by molar-refractivity contribution is -0.192. The lowest BCUT2D eigenvalue weighted by Crippen LogP contribution is -2.40. The predicted octanol–water partition coefficient (Wildman–Crippen LogP) is 8.10. The van der Waals surface area contributed by atoms with Crippen molar-refractivity contribution in [3.63, 3.8) is 0 Å². The molecule has 252 valence electrons. The predicted molar refractivity (Wildman–Crippen MR) is 176 cm³/mol. The van der Waals surface area contributed by atoms with Crippen molar-refractivity contribution in [3.05, 3.63) is 83.7 Å². The molecule has 0 bridgehead atoms. The van der Waals surface area contributed by atoms with Gasteiger partial charge < -0.3 is 19.7 Å². The summed E-state index contributed by atoms with van der Waals surface area (Å²) in [5.74, 6) is -2.66. The van der Waals surface area contributed by atoms with E-state index in [4.69, 9.17) is 14.9 Å². The Hall–Kier alpha value is -4.87. The van der Waals surface area contributed by atoms with Gasteiger partial charge >= 0.3 is 24.1 Å². The third-order valence-electron chi connectivity index (χ3n) is 7.48. The molecule has 9 nitrogen and oxygen atoms in total. The van der Waals surface area contributed by atoms with Gasteiger partial charge in [-0.15, -0.1) is 0 Å². The van der Waals surface area contributed by atoms with Crippen LogP contribution in [-0.2, 0) is 17.8 Å². The first kappa shape index (κ1) is 36.6. The summed E-state index contributed by atoms with van der Waals surface area (Å²) in [6.45, 7) is 5.65. The number of aromatic carboxylic acids is 1. The van der Waals surface area contributed by atoms with Crippen LogP contribution in [-0.4, -0.2) is 69.5 Å². The number of rotatable bonds is 12. The number of unbranched alkanes of at least 4 members (excludes halogenated alkanes) is 3. The second-order valence-electron chi connectivity index (χ2n) is 11.3. The number of nitrogens with zero attached hydrogens (tertiary/aromatic N) is 4. The molecule has 4 aromatic rings.